The van der Waals surface area contributed by atoms with E-state index in [1.165, 1.54) is 5.56 Å². The summed E-state index contributed by atoms with van der Waals surface area (Å²) in [6, 6.07) is 27.1. The van der Waals surface area contributed by atoms with Gasteiger partial charge in [-0.15, -0.1) is 0 Å². The van der Waals surface area contributed by atoms with Crippen LogP contribution in [0.1, 0.15) is 28.3 Å². The Morgan fingerprint density at radius 1 is 0.857 bits per heavy atom. The van der Waals surface area contributed by atoms with Gasteiger partial charge in [0.05, 0.1) is 0 Å². The SMILES string of the molecule is Cc1ccc(C=NC(c2ccccc2N)c2c(O)ccc3ccccc23)cc1. The van der Waals surface area contributed by atoms with Crippen LogP contribution in [0.5, 0.6) is 5.75 Å². The standard InChI is InChI=1S/C25H22N2O/c1-17-10-12-18(13-11-17)16-27-25(21-8-4-5-9-22(21)26)24-20-7-3-2-6-19(20)14-15-23(24)28/h2-16,25,28H,26H2,1H3. The van der Waals surface area contributed by atoms with Gasteiger partial charge in [-0.3, -0.25) is 4.99 Å². The van der Waals surface area contributed by atoms with E-state index in [9.17, 15) is 5.11 Å². The fraction of sp³-hybridized carbons (Fsp3) is 0.0800. The molecule has 1 unspecified atom stereocenters. The summed E-state index contributed by atoms with van der Waals surface area (Å²) in [4.78, 5) is 4.87. The van der Waals surface area contributed by atoms with Crippen LogP contribution in [0.3, 0.4) is 0 Å². The summed E-state index contributed by atoms with van der Waals surface area (Å²) in [7, 11) is 0. The molecule has 0 bridgehead atoms. The lowest BCUT2D eigenvalue weighted by Crippen LogP contribution is -2.04. The van der Waals surface area contributed by atoms with Crippen LogP contribution < -0.4 is 5.73 Å². The third kappa shape index (κ3) is 3.47. The number of aliphatic imine (C=N–C) groups is 1. The van der Waals surface area contributed by atoms with E-state index in [4.69, 9.17) is 10.7 Å². The topological polar surface area (TPSA) is 58.6 Å². The molecule has 28 heavy (non-hydrogen) atoms. The Bertz CT molecular complexity index is 1150. The van der Waals surface area contributed by atoms with Gasteiger partial charge in [-0.2, -0.15) is 0 Å². The highest BCUT2D eigenvalue weighted by atomic mass is 16.3. The summed E-state index contributed by atoms with van der Waals surface area (Å²) < 4.78 is 0. The fourth-order valence-corrected chi connectivity index (χ4v) is 3.45. The van der Waals surface area contributed by atoms with E-state index in [0.717, 1.165) is 27.5 Å². The molecule has 4 rings (SSSR count). The normalized spacial score (nSPS) is 12.5. The minimum absolute atomic E-state index is 0.216. The molecule has 0 aliphatic rings. The number of benzene rings is 4. The quantitative estimate of drug-likeness (QED) is 0.362. The molecule has 3 N–H and O–H groups in total. The highest BCUT2D eigenvalue weighted by molar-refractivity contribution is 5.89. The maximum Gasteiger partial charge on any atom is 0.121 e. The van der Waals surface area contributed by atoms with Crippen molar-refractivity contribution in [3.8, 4) is 5.75 Å². The maximum absolute atomic E-state index is 10.8. The van der Waals surface area contributed by atoms with E-state index in [-0.39, 0.29) is 5.75 Å². The number of hydrogen-bond acceptors (Lipinski definition) is 3. The predicted octanol–water partition coefficient (Wildman–Crippen LogP) is 5.64. The summed E-state index contributed by atoms with van der Waals surface area (Å²) in [5, 5.41) is 12.8. The minimum atomic E-state index is -0.409. The second-order valence-corrected chi connectivity index (χ2v) is 6.94. The van der Waals surface area contributed by atoms with Crippen molar-refractivity contribution in [2.45, 2.75) is 13.0 Å². The third-order valence-corrected chi connectivity index (χ3v) is 4.96. The predicted molar refractivity (Wildman–Crippen MR) is 117 cm³/mol. The Kier molecular flexibility index (Phi) is 4.81. The van der Waals surface area contributed by atoms with Gasteiger partial charge >= 0.3 is 0 Å². The highest BCUT2D eigenvalue weighted by Crippen LogP contribution is 2.39. The largest absolute Gasteiger partial charge is 0.508 e. The smallest absolute Gasteiger partial charge is 0.121 e. The number of phenolic OH excluding ortho intramolecular Hbond substituents is 1. The molecule has 0 spiro atoms. The van der Waals surface area contributed by atoms with Gasteiger partial charge in [0.15, 0.2) is 0 Å². The van der Waals surface area contributed by atoms with E-state index in [1.807, 2.05) is 72.9 Å². The number of rotatable bonds is 4. The first kappa shape index (κ1) is 17.8. The molecule has 4 aromatic carbocycles. The lowest BCUT2D eigenvalue weighted by Gasteiger charge is -2.19. The summed E-state index contributed by atoms with van der Waals surface area (Å²) in [5.41, 5.74) is 10.8. The summed E-state index contributed by atoms with van der Waals surface area (Å²) in [6.07, 6.45) is 1.84. The van der Waals surface area contributed by atoms with Crippen LogP contribution in [0.15, 0.2) is 89.9 Å². The van der Waals surface area contributed by atoms with Crippen LogP contribution in [0.25, 0.3) is 10.8 Å². The molecule has 0 heterocycles. The average molecular weight is 366 g/mol. The molecular weight excluding hydrogens is 344 g/mol. The number of nitrogens with zero attached hydrogens (tertiary/aromatic N) is 1. The van der Waals surface area contributed by atoms with E-state index >= 15 is 0 Å². The van der Waals surface area contributed by atoms with Gasteiger partial charge in [0.25, 0.3) is 0 Å². The summed E-state index contributed by atoms with van der Waals surface area (Å²) >= 11 is 0. The number of para-hydroxylation sites is 1. The van der Waals surface area contributed by atoms with Crippen LogP contribution in [0.2, 0.25) is 0 Å². The molecule has 0 aliphatic heterocycles. The Morgan fingerprint density at radius 2 is 1.57 bits per heavy atom. The number of phenols is 1. The van der Waals surface area contributed by atoms with Gasteiger partial charge in [0, 0.05) is 23.0 Å². The molecule has 1 atom stereocenters. The zero-order valence-electron chi connectivity index (χ0n) is 15.7. The van der Waals surface area contributed by atoms with Gasteiger partial charge in [-0.25, -0.2) is 0 Å². The maximum atomic E-state index is 10.8. The van der Waals surface area contributed by atoms with Crippen LogP contribution in [0.4, 0.5) is 5.69 Å². The molecule has 0 fully saturated rings. The van der Waals surface area contributed by atoms with Gasteiger partial charge < -0.3 is 10.8 Å². The Labute approximate surface area is 164 Å². The number of fused-ring (bicyclic) bond motifs is 1. The van der Waals surface area contributed by atoms with Crippen molar-refractivity contribution < 1.29 is 5.11 Å². The van der Waals surface area contributed by atoms with Crippen LogP contribution >= 0.6 is 0 Å². The molecule has 0 radical (unpaired) electrons. The van der Waals surface area contributed by atoms with Crippen LogP contribution in [-0.2, 0) is 0 Å². The van der Waals surface area contributed by atoms with Gasteiger partial charge in [-0.05, 0) is 35.4 Å². The van der Waals surface area contributed by atoms with Crippen molar-refractivity contribution in [3.05, 3.63) is 107 Å². The van der Waals surface area contributed by atoms with Crippen molar-refractivity contribution in [2.24, 2.45) is 4.99 Å². The number of nitrogens with two attached hydrogens (primary N) is 1. The monoisotopic (exact) mass is 366 g/mol. The lowest BCUT2D eigenvalue weighted by molar-refractivity contribution is 0.467. The van der Waals surface area contributed by atoms with Crippen molar-refractivity contribution >= 4 is 22.7 Å². The van der Waals surface area contributed by atoms with Crippen LogP contribution in [-0.4, -0.2) is 11.3 Å². The molecule has 0 aromatic heterocycles. The third-order valence-electron chi connectivity index (χ3n) is 4.96. The minimum Gasteiger partial charge on any atom is -0.508 e. The number of nitrogen functional groups attached to an aromatic ring is 1. The Hall–Kier alpha value is -3.59. The number of aromatic hydroxyl groups is 1. The molecule has 0 saturated carbocycles. The fourth-order valence-electron chi connectivity index (χ4n) is 3.45. The summed E-state index contributed by atoms with van der Waals surface area (Å²) in [6.45, 7) is 2.06. The first-order chi connectivity index (χ1) is 13.6. The second kappa shape index (κ2) is 7.57. The number of anilines is 1. The van der Waals surface area contributed by atoms with Gasteiger partial charge in [0.2, 0.25) is 0 Å². The first-order valence-corrected chi connectivity index (χ1v) is 9.28. The molecule has 0 amide bonds. The van der Waals surface area contributed by atoms with E-state index in [0.29, 0.717) is 5.69 Å². The van der Waals surface area contributed by atoms with E-state index in [2.05, 4.69) is 19.1 Å². The van der Waals surface area contributed by atoms with Crippen molar-refractivity contribution in [2.75, 3.05) is 5.73 Å². The molecule has 0 aliphatic carbocycles. The van der Waals surface area contributed by atoms with E-state index < -0.39 is 6.04 Å². The summed E-state index contributed by atoms with van der Waals surface area (Å²) in [5.74, 6) is 0.216. The van der Waals surface area contributed by atoms with Crippen molar-refractivity contribution in [3.63, 3.8) is 0 Å². The van der Waals surface area contributed by atoms with Crippen LogP contribution in [0, 0.1) is 6.92 Å². The molecular formula is C25H22N2O. The Morgan fingerprint density at radius 3 is 2.36 bits per heavy atom. The lowest BCUT2D eigenvalue weighted by atomic mass is 9.92. The van der Waals surface area contributed by atoms with Crippen molar-refractivity contribution in [1.29, 1.82) is 0 Å². The molecule has 3 nitrogen and oxygen atoms in total. The average Bonchev–Trinajstić information content (AvgIpc) is 2.72. The zero-order valence-corrected chi connectivity index (χ0v) is 15.7. The number of hydrogen-bond donors (Lipinski definition) is 2. The number of aryl methyl sites for hydroxylation is 1. The van der Waals surface area contributed by atoms with Gasteiger partial charge in [0.1, 0.15) is 11.8 Å². The first-order valence-electron chi connectivity index (χ1n) is 9.28. The Balaban J connectivity index is 1.91. The van der Waals surface area contributed by atoms with E-state index in [1.54, 1.807) is 6.07 Å². The molecule has 0 saturated heterocycles. The zero-order chi connectivity index (χ0) is 19.5. The second-order valence-electron chi connectivity index (χ2n) is 6.94. The molecule has 138 valence electrons. The molecule has 3 heteroatoms. The molecule has 4 aromatic rings. The van der Waals surface area contributed by atoms with Gasteiger partial charge in [-0.1, -0.05) is 78.4 Å². The van der Waals surface area contributed by atoms with Crippen molar-refractivity contribution in [1.82, 2.24) is 0 Å². The highest BCUT2D eigenvalue weighted by Gasteiger charge is 2.21.